The molecule has 1 aromatic heterocycles. The van der Waals surface area contributed by atoms with E-state index >= 15 is 0 Å². The van der Waals surface area contributed by atoms with Gasteiger partial charge in [0.15, 0.2) is 0 Å². The van der Waals surface area contributed by atoms with Crippen molar-refractivity contribution < 1.29 is 0 Å². The summed E-state index contributed by atoms with van der Waals surface area (Å²) in [6, 6.07) is 16.9. The van der Waals surface area contributed by atoms with Crippen molar-refractivity contribution in [3.63, 3.8) is 0 Å². The molecule has 0 fully saturated rings. The highest BCUT2D eigenvalue weighted by molar-refractivity contribution is 7.19. The zero-order valence-corrected chi connectivity index (χ0v) is 15.0. The van der Waals surface area contributed by atoms with Crippen molar-refractivity contribution in [1.82, 2.24) is 4.98 Å². The highest BCUT2D eigenvalue weighted by atomic mass is 32.1. The van der Waals surface area contributed by atoms with E-state index in [4.69, 9.17) is 0 Å². The molecule has 0 saturated carbocycles. The average Bonchev–Trinajstić information content (AvgIpc) is 3.04. The van der Waals surface area contributed by atoms with E-state index in [9.17, 15) is 0 Å². The number of rotatable bonds is 6. The van der Waals surface area contributed by atoms with Gasteiger partial charge in [0.1, 0.15) is 5.01 Å². The van der Waals surface area contributed by atoms with Crippen molar-refractivity contribution in [1.29, 1.82) is 0 Å². The summed E-state index contributed by atoms with van der Waals surface area (Å²) < 4.78 is 1.23. The molecule has 24 heavy (non-hydrogen) atoms. The Kier molecular flexibility index (Phi) is 5.44. The third-order valence-electron chi connectivity index (χ3n) is 3.97. The third kappa shape index (κ3) is 3.92. The lowest BCUT2D eigenvalue weighted by molar-refractivity contribution is 0.866. The average molecular weight is 334 g/mol. The molecule has 122 valence electrons. The van der Waals surface area contributed by atoms with Crippen molar-refractivity contribution >= 4 is 39.4 Å². The van der Waals surface area contributed by atoms with Crippen LogP contribution in [-0.4, -0.2) is 18.1 Å². The van der Waals surface area contributed by atoms with E-state index in [1.165, 1.54) is 16.0 Å². The van der Waals surface area contributed by atoms with Gasteiger partial charge in [-0.25, -0.2) is 4.98 Å². The summed E-state index contributed by atoms with van der Waals surface area (Å²) in [5.41, 5.74) is 3.56. The van der Waals surface area contributed by atoms with Gasteiger partial charge in [-0.15, -0.1) is 11.3 Å². The Morgan fingerprint density at radius 3 is 2.33 bits per heavy atom. The van der Waals surface area contributed by atoms with E-state index in [1.54, 1.807) is 11.3 Å². The molecule has 0 radical (unpaired) electrons. The summed E-state index contributed by atoms with van der Waals surface area (Å²) in [6.07, 6.45) is 8.30. The van der Waals surface area contributed by atoms with Crippen LogP contribution in [0.1, 0.15) is 24.4 Å². The predicted octanol–water partition coefficient (Wildman–Crippen LogP) is 5.87. The monoisotopic (exact) mass is 334 g/mol. The molecular formula is C21H22N2S. The molecule has 0 aliphatic carbocycles. The van der Waals surface area contributed by atoms with Gasteiger partial charge in [-0.2, -0.15) is 0 Å². The van der Waals surface area contributed by atoms with E-state index in [2.05, 4.69) is 90.5 Å². The SMILES string of the molecule is CCN(CC)c1ccc(/C=C/C=C/c2nc3ccccc3s2)cc1. The quantitative estimate of drug-likeness (QED) is 0.524. The van der Waals surface area contributed by atoms with Gasteiger partial charge in [-0.3, -0.25) is 0 Å². The lowest BCUT2D eigenvalue weighted by Crippen LogP contribution is -2.21. The highest BCUT2D eigenvalue weighted by Gasteiger charge is 2.00. The van der Waals surface area contributed by atoms with Gasteiger partial charge in [-0.05, 0) is 49.8 Å². The number of hydrogen-bond acceptors (Lipinski definition) is 3. The van der Waals surface area contributed by atoms with E-state index in [1.807, 2.05) is 6.07 Å². The van der Waals surface area contributed by atoms with Crippen molar-refractivity contribution in [2.45, 2.75) is 13.8 Å². The summed E-state index contributed by atoms with van der Waals surface area (Å²) in [4.78, 5) is 6.95. The molecule has 0 spiro atoms. The molecule has 3 heteroatoms. The summed E-state index contributed by atoms with van der Waals surface area (Å²) in [7, 11) is 0. The van der Waals surface area contributed by atoms with Crippen LogP contribution in [-0.2, 0) is 0 Å². The zero-order chi connectivity index (χ0) is 16.8. The van der Waals surface area contributed by atoms with Crippen molar-refractivity contribution in [2.75, 3.05) is 18.0 Å². The first-order valence-corrected chi connectivity index (χ1v) is 9.17. The van der Waals surface area contributed by atoms with E-state index in [0.29, 0.717) is 0 Å². The van der Waals surface area contributed by atoms with Gasteiger partial charge >= 0.3 is 0 Å². The van der Waals surface area contributed by atoms with Crippen LogP contribution in [0.2, 0.25) is 0 Å². The van der Waals surface area contributed by atoms with Crippen LogP contribution in [0.4, 0.5) is 5.69 Å². The molecule has 0 N–H and O–H groups in total. The fourth-order valence-electron chi connectivity index (χ4n) is 2.65. The first-order chi connectivity index (χ1) is 11.8. The fraction of sp³-hybridized carbons (Fsp3) is 0.190. The summed E-state index contributed by atoms with van der Waals surface area (Å²) in [6.45, 7) is 6.45. The second-order valence-corrected chi connectivity index (χ2v) is 6.56. The number of nitrogens with zero attached hydrogens (tertiary/aromatic N) is 2. The lowest BCUT2D eigenvalue weighted by Gasteiger charge is -2.20. The molecule has 0 aliphatic rings. The van der Waals surface area contributed by atoms with Crippen molar-refractivity contribution in [3.05, 3.63) is 71.3 Å². The van der Waals surface area contributed by atoms with Gasteiger partial charge in [0.2, 0.25) is 0 Å². The molecular weight excluding hydrogens is 312 g/mol. The minimum absolute atomic E-state index is 1.04. The molecule has 2 aromatic carbocycles. The van der Waals surface area contributed by atoms with Gasteiger partial charge < -0.3 is 4.90 Å². The van der Waals surface area contributed by atoms with Crippen molar-refractivity contribution in [2.24, 2.45) is 0 Å². The fourth-order valence-corrected chi connectivity index (χ4v) is 3.53. The molecule has 0 bridgehead atoms. The van der Waals surface area contributed by atoms with Crippen LogP contribution in [0, 0.1) is 0 Å². The number of para-hydroxylation sites is 1. The third-order valence-corrected chi connectivity index (χ3v) is 4.97. The van der Waals surface area contributed by atoms with E-state index < -0.39 is 0 Å². The van der Waals surface area contributed by atoms with Crippen LogP contribution in [0.5, 0.6) is 0 Å². The summed E-state index contributed by atoms with van der Waals surface area (Å²) in [5.74, 6) is 0. The molecule has 0 atom stereocenters. The molecule has 3 aromatic rings. The smallest absolute Gasteiger partial charge is 0.117 e. The summed E-state index contributed by atoms with van der Waals surface area (Å²) >= 11 is 1.72. The Balaban J connectivity index is 1.65. The van der Waals surface area contributed by atoms with Gasteiger partial charge in [-0.1, -0.05) is 42.5 Å². The second kappa shape index (κ2) is 7.93. The highest BCUT2D eigenvalue weighted by Crippen LogP contribution is 2.22. The lowest BCUT2D eigenvalue weighted by atomic mass is 10.2. The maximum Gasteiger partial charge on any atom is 0.117 e. The topological polar surface area (TPSA) is 16.1 Å². The minimum atomic E-state index is 1.04. The number of aromatic nitrogens is 1. The predicted molar refractivity (Wildman–Crippen MR) is 108 cm³/mol. The number of benzene rings is 2. The van der Waals surface area contributed by atoms with Crippen LogP contribution >= 0.6 is 11.3 Å². The van der Waals surface area contributed by atoms with Crippen molar-refractivity contribution in [3.8, 4) is 0 Å². The number of thiazole rings is 1. The largest absolute Gasteiger partial charge is 0.372 e. The second-order valence-electron chi connectivity index (χ2n) is 5.50. The Morgan fingerprint density at radius 2 is 1.62 bits per heavy atom. The van der Waals surface area contributed by atoms with Crippen LogP contribution < -0.4 is 4.90 Å². The molecule has 1 heterocycles. The Hall–Kier alpha value is -2.39. The van der Waals surface area contributed by atoms with E-state index in [-0.39, 0.29) is 0 Å². The number of fused-ring (bicyclic) bond motifs is 1. The standard InChI is InChI=1S/C21H22N2S/c1-3-23(4-2)18-15-13-17(14-16-18)9-5-8-12-21-22-19-10-6-7-11-20(19)24-21/h5-16H,3-4H2,1-2H3/b9-5+,12-8+. The van der Waals surface area contributed by atoms with Gasteiger partial charge in [0.25, 0.3) is 0 Å². The Bertz CT molecular complexity index is 807. The van der Waals surface area contributed by atoms with Crippen LogP contribution in [0.25, 0.3) is 22.4 Å². The minimum Gasteiger partial charge on any atom is -0.372 e. The maximum atomic E-state index is 4.60. The van der Waals surface area contributed by atoms with Crippen LogP contribution in [0.15, 0.2) is 60.7 Å². The first kappa shape index (κ1) is 16.5. The number of anilines is 1. The Morgan fingerprint density at radius 1 is 0.917 bits per heavy atom. The van der Waals surface area contributed by atoms with Gasteiger partial charge in [0.05, 0.1) is 10.2 Å². The normalized spacial score (nSPS) is 11.8. The number of hydrogen-bond donors (Lipinski definition) is 0. The number of allylic oxidation sites excluding steroid dienone is 2. The molecule has 2 nitrogen and oxygen atoms in total. The zero-order valence-electron chi connectivity index (χ0n) is 14.1. The van der Waals surface area contributed by atoms with E-state index in [0.717, 1.165) is 23.6 Å². The van der Waals surface area contributed by atoms with Gasteiger partial charge in [0, 0.05) is 18.8 Å². The summed E-state index contributed by atoms with van der Waals surface area (Å²) in [5, 5.41) is 1.04. The Labute approximate surface area is 147 Å². The molecule has 0 saturated heterocycles. The maximum absolute atomic E-state index is 4.60. The van der Waals surface area contributed by atoms with Crippen LogP contribution in [0.3, 0.4) is 0 Å². The molecule has 3 rings (SSSR count). The molecule has 0 aliphatic heterocycles. The molecule has 0 amide bonds. The first-order valence-electron chi connectivity index (χ1n) is 8.35. The molecule has 0 unspecified atom stereocenters.